The van der Waals surface area contributed by atoms with Crippen molar-refractivity contribution in [2.24, 2.45) is 0 Å². The Morgan fingerprint density at radius 3 is 2.94 bits per heavy atom. The van der Waals surface area contributed by atoms with Crippen molar-refractivity contribution < 1.29 is 14.3 Å². The molecule has 5 nitrogen and oxygen atoms in total. The molecule has 0 bridgehead atoms. The van der Waals surface area contributed by atoms with Crippen LogP contribution in [0, 0.1) is 5.82 Å². The number of hydrogen-bond donors (Lipinski definition) is 3. The molecule has 0 saturated carbocycles. The molecule has 0 aliphatic rings. The van der Waals surface area contributed by atoms with Crippen molar-refractivity contribution in [1.82, 2.24) is 4.98 Å². The molecule has 0 amide bonds. The topological polar surface area (TPSA) is 88.2 Å². The molecule has 18 heavy (non-hydrogen) atoms. The van der Waals surface area contributed by atoms with Gasteiger partial charge in [0.2, 0.25) is 0 Å². The van der Waals surface area contributed by atoms with Crippen LogP contribution in [0.4, 0.5) is 15.8 Å². The van der Waals surface area contributed by atoms with Crippen molar-refractivity contribution in [3.05, 3.63) is 40.1 Å². The van der Waals surface area contributed by atoms with E-state index in [1.165, 1.54) is 11.3 Å². The highest BCUT2D eigenvalue weighted by molar-refractivity contribution is 7.09. The molecule has 1 heterocycles. The lowest BCUT2D eigenvalue weighted by molar-refractivity contribution is 0.0692. The summed E-state index contributed by atoms with van der Waals surface area (Å²) in [6.45, 7) is 0.459. The first-order valence-corrected chi connectivity index (χ1v) is 5.89. The average molecular weight is 267 g/mol. The fraction of sp³-hybridized carbons (Fsp3) is 0.0909. The monoisotopic (exact) mass is 267 g/mol. The molecule has 1 aromatic carbocycles. The van der Waals surface area contributed by atoms with Gasteiger partial charge in [0.15, 0.2) is 0 Å². The molecule has 2 aromatic rings. The van der Waals surface area contributed by atoms with Crippen LogP contribution in [-0.2, 0) is 6.54 Å². The Bertz CT molecular complexity index is 572. The van der Waals surface area contributed by atoms with Crippen molar-refractivity contribution in [2.45, 2.75) is 6.54 Å². The number of nitrogens with zero attached hydrogens (tertiary/aromatic N) is 1. The van der Waals surface area contributed by atoms with E-state index < -0.39 is 17.3 Å². The summed E-state index contributed by atoms with van der Waals surface area (Å²) < 4.78 is 13.5. The van der Waals surface area contributed by atoms with Crippen LogP contribution >= 0.6 is 11.3 Å². The fourth-order valence-electron chi connectivity index (χ4n) is 1.42. The summed E-state index contributed by atoms with van der Waals surface area (Å²) in [5, 5.41) is 11.7. The summed E-state index contributed by atoms with van der Waals surface area (Å²) in [4.78, 5) is 15.6. The van der Waals surface area contributed by atoms with E-state index in [0.29, 0.717) is 12.2 Å². The predicted octanol–water partition coefficient (Wildman–Crippen LogP) is 2.17. The Morgan fingerprint density at radius 1 is 1.56 bits per heavy atom. The molecular formula is C11H10FN3O2S. The van der Waals surface area contributed by atoms with Gasteiger partial charge >= 0.3 is 5.97 Å². The number of rotatable bonds is 4. The number of halogens is 1. The SMILES string of the molecule is Nc1cc(C(=O)O)c(F)cc1NCc1cncs1. The number of aromatic nitrogens is 1. The third kappa shape index (κ3) is 2.57. The first-order valence-electron chi connectivity index (χ1n) is 5.01. The zero-order valence-electron chi connectivity index (χ0n) is 9.18. The quantitative estimate of drug-likeness (QED) is 0.739. The lowest BCUT2D eigenvalue weighted by Gasteiger charge is -2.09. The summed E-state index contributed by atoms with van der Waals surface area (Å²) in [5.41, 5.74) is 7.48. The fourth-order valence-corrected chi connectivity index (χ4v) is 1.95. The highest BCUT2D eigenvalue weighted by Crippen LogP contribution is 2.24. The zero-order valence-corrected chi connectivity index (χ0v) is 10.00. The van der Waals surface area contributed by atoms with Gasteiger partial charge in [0.25, 0.3) is 0 Å². The van der Waals surface area contributed by atoms with Crippen molar-refractivity contribution in [3.8, 4) is 0 Å². The third-order valence-corrected chi connectivity index (χ3v) is 3.09. The van der Waals surface area contributed by atoms with E-state index in [2.05, 4.69) is 10.3 Å². The maximum atomic E-state index is 13.5. The number of aromatic carboxylic acids is 1. The summed E-state index contributed by atoms with van der Waals surface area (Å²) in [5.74, 6) is -2.16. The maximum absolute atomic E-state index is 13.5. The molecule has 94 valence electrons. The largest absolute Gasteiger partial charge is 0.478 e. The van der Waals surface area contributed by atoms with E-state index in [-0.39, 0.29) is 5.69 Å². The van der Waals surface area contributed by atoms with Gasteiger partial charge in [-0.3, -0.25) is 4.98 Å². The molecule has 0 radical (unpaired) electrons. The van der Waals surface area contributed by atoms with Gasteiger partial charge in [-0.05, 0) is 12.1 Å². The number of carbonyl (C=O) groups is 1. The minimum Gasteiger partial charge on any atom is -0.478 e. The summed E-state index contributed by atoms with van der Waals surface area (Å²) in [6.07, 6.45) is 1.69. The predicted molar refractivity (Wildman–Crippen MR) is 67.2 cm³/mol. The van der Waals surface area contributed by atoms with Crippen LogP contribution in [0.25, 0.3) is 0 Å². The average Bonchev–Trinajstić information content (AvgIpc) is 2.82. The normalized spacial score (nSPS) is 10.3. The van der Waals surface area contributed by atoms with Gasteiger partial charge in [-0.1, -0.05) is 0 Å². The number of anilines is 2. The number of hydrogen-bond acceptors (Lipinski definition) is 5. The number of benzene rings is 1. The molecule has 4 N–H and O–H groups in total. The van der Waals surface area contributed by atoms with Gasteiger partial charge in [-0.2, -0.15) is 0 Å². The minimum atomic E-state index is -1.34. The van der Waals surface area contributed by atoms with Crippen molar-refractivity contribution in [1.29, 1.82) is 0 Å². The summed E-state index contributed by atoms with van der Waals surface area (Å²) in [7, 11) is 0. The lowest BCUT2D eigenvalue weighted by Crippen LogP contribution is -2.06. The van der Waals surface area contributed by atoms with Crippen LogP contribution in [0.2, 0.25) is 0 Å². The van der Waals surface area contributed by atoms with Gasteiger partial charge in [0.05, 0.1) is 29.0 Å². The molecule has 0 fully saturated rings. The van der Waals surface area contributed by atoms with Gasteiger partial charge in [-0.15, -0.1) is 11.3 Å². The first-order chi connectivity index (χ1) is 8.58. The first kappa shape index (κ1) is 12.3. The van der Waals surface area contributed by atoms with E-state index in [9.17, 15) is 9.18 Å². The summed E-state index contributed by atoms with van der Waals surface area (Å²) in [6, 6.07) is 2.19. The van der Waals surface area contributed by atoms with Gasteiger partial charge in [0.1, 0.15) is 5.82 Å². The highest BCUT2D eigenvalue weighted by Gasteiger charge is 2.13. The number of nitrogen functional groups attached to an aromatic ring is 1. The number of nitrogens with two attached hydrogens (primary N) is 1. The molecule has 0 aliphatic carbocycles. The van der Waals surface area contributed by atoms with E-state index in [4.69, 9.17) is 10.8 Å². The lowest BCUT2D eigenvalue weighted by atomic mass is 10.1. The number of carboxylic acid groups (broad SMARTS) is 1. The van der Waals surface area contributed by atoms with E-state index >= 15 is 0 Å². The maximum Gasteiger partial charge on any atom is 0.338 e. The number of carboxylic acids is 1. The minimum absolute atomic E-state index is 0.193. The van der Waals surface area contributed by atoms with Gasteiger partial charge < -0.3 is 16.2 Å². The van der Waals surface area contributed by atoms with E-state index in [1.807, 2.05) is 0 Å². The van der Waals surface area contributed by atoms with Crippen molar-refractivity contribution in [2.75, 3.05) is 11.1 Å². The van der Waals surface area contributed by atoms with Crippen LogP contribution in [-0.4, -0.2) is 16.1 Å². The molecule has 0 unspecified atom stereocenters. The molecule has 7 heteroatoms. The second-order valence-corrected chi connectivity index (χ2v) is 4.52. The highest BCUT2D eigenvalue weighted by atomic mass is 32.1. The third-order valence-electron chi connectivity index (χ3n) is 2.31. The zero-order chi connectivity index (χ0) is 13.1. The van der Waals surface area contributed by atoms with E-state index in [0.717, 1.165) is 17.0 Å². The second kappa shape index (κ2) is 5.01. The van der Waals surface area contributed by atoms with Crippen molar-refractivity contribution in [3.63, 3.8) is 0 Å². The Labute approximate surface area is 106 Å². The molecule has 0 spiro atoms. The smallest absolute Gasteiger partial charge is 0.338 e. The van der Waals surface area contributed by atoms with Gasteiger partial charge in [-0.25, -0.2) is 9.18 Å². The number of thiazole rings is 1. The molecule has 0 aliphatic heterocycles. The summed E-state index contributed by atoms with van der Waals surface area (Å²) >= 11 is 1.46. The standard InChI is InChI=1S/C11H10FN3O2S/c12-8-2-10(9(13)1-7(8)11(16)17)15-4-6-3-14-5-18-6/h1-3,5,15H,4,13H2,(H,16,17). The number of nitrogens with one attached hydrogen (secondary N) is 1. The molecule has 2 rings (SSSR count). The second-order valence-electron chi connectivity index (χ2n) is 3.55. The van der Waals surface area contributed by atoms with Crippen LogP contribution in [0.15, 0.2) is 23.8 Å². The Balaban J connectivity index is 2.19. The molecular weight excluding hydrogens is 257 g/mol. The van der Waals surface area contributed by atoms with Crippen molar-refractivity contribution >= 4 is 28.7 Å². The van der Waals surface area contributed by atoms with Crippen LogP contribution < -0.4 is 11.1 Å². The van der Waals surface area contributed by atoms with Crippen LogP contribution in [0.5, 0.6) is 0 Å². The Morgan fingerprint density at radius 2 is 2.33 bits per heavy atom. The van der Waals surface area contributed by atoms with Crippen LogP contribution in [0.3, 0.4) is 0 Å². The molecule has 0 saturated heterocycles. The molecule has 1 aromatic heterocycles. The molecule has 0 atom stereocenters. The van der Waals surface area contributed by atoms with E-state index in [1.54, 1.807) is 11.7 Å². The Hall–Kier alpha value is -2.15. The van der Waals surface area contributed by atoms with Gasteiger partial charge in [0, 0.05) is 11.1 Å². The Kier molecular flexibility index (Phi) is 3.42. The van der Waals surface area contributed by atoms with Crippen LogP contribution in [0.1, 0.15) is 15.2 Å².